The fraction of sp³-hybridized carbons (Fsp3) is 0.500. The number of piperazine rings is 1. The highest BCUT2D eigenvalue weighted by Crippen LogP contribution is 2.34. The molecular formula is C24H31N3O4. The average molecular weight is 426 g/mol. The zero-order valence-electron chi connectivity index (χ0n) is 18.1. The van der Waals surface area contributed by atoms with Crippen molar-refractivity contribution in [3.05, 3.63) is 59.5 Å². The molecule has 4 rings (SSSR count). The summed E-state index contributed by atoms with van der Waals surface area (Å²) < 4.78 is 11.0. The second kappa shape index (κ2) is 9.66. The number of hydrogen-bond acceptors (Lipinski definition) is 5. The van der Waals surface area contributed by atoms with E-state index in [1.54, 1.807) is 17.0 Å². The number of hydrogen-bond donors (Lipinski definition) is 1. The minimum Gasteiger partial charge on any atom is -0.456 e. The first kappa shape index (κ1) is 21.6. The summed E-state index contributed by atoms with van der Waals surface area (Å²) in [6.07, 6.45) is 1.81. The van der Waals surface area contributed by atoms with E-state index < -0.39 is 0 Å². The van der Waals surface area contributed by atoms with Crippen LogP contribution in [-0.4, -0.2) is 74.1 Å². The van der Waals surface area contributed by atoms with Gasteiger partial charge in [0.1, 0.15) is 5.76 Å². The molecule has 1 aromatic heterocycles. The predicted octanol–water partition coefficient (Wildman–Crippen LogP) is 2.21. The average Bonchev–Trinajstić information content (AvgIpc) is 3.25. The van der Waals surface area contributed by atoms with Crippen molar-refractivity contribution in [3.8, 4) is 0 Å². The monoisotopic (exact) mass is 425 g/mol. The Labute approximate surface area is 183 Å². The van der Waals surface area contributed by atoms with Gasteiger partial charge in [-0.25, -0.2) is 0 Å². The Hall–Kier alpha value is -2.64. The largest absolute Gasteiger partial charge is 0.456 e. The van der Waals surface area contributed by atoms with Crippen LogP contribution in [-0.2, 0) is 14.9 Å². The Balaban J connectivity index is 1.27. The van der Waals surface area contributed by atoms with E-state index >= 15 is 0 Å². The topological polar surface area (TPSA) is 75.0 Å². The van der Waals surface area contributed by atoms with Gasteiger partial charge in [0.25, 0.3) is 5.91 Å². The number of nitrogens with zero attached hydrogens (tertiary/aromatic N) is 2. The van der Waals surface area contributed by atoms with Gasteiger partial charge >= 0.3 is 0 Å². The quantitative estimate of drug-likeness (QED) is 0.768. The van der Waals surface area contributed by atoms with Crippen LogP contribution in [0.15, 0.2) is 46.9 Å². The number of nitrogens with one attached hydrogen (secondary N) is 1. The van der Waals surface area contributed by atoms with Crippen LogP contribution in [0.25, 0.3) is 0 Å². The van der Waals surface area contributed by atoms with Crippen molar-refractivity contribution < 1.29 is 18.7 Å². The van der Waals surface area contributed by atoms with Gasteiger partial charge in [0.2, 0.25) is 5.91 Å². The summed E-state index contributed by atoms with van der Waals surface area (Å²) in [5.74, 6) is 1.06. The van der Waals surface area contributed by atoms with E-state index in [0.717, 1.165) is 31.8 Å². The molecule has 7 nitrogen and oxygen atoms in total. The predicted molar refractivity (Wildman–Crippen MR) is 117 cm³/mol. The van der Waals surface area contributed by atoms with E-state index in [1.807, 2.05) is 13.0 Å². The van der Waals surface area contributed by atoms with Crippen molar-refractivity contribution in [2.45, 2.75) is 25.2 Å². The first-order valence-electron chi connectivity index (χ1n) is 11.0. The van der Waals surface area contributed by atoms with Crippen molar-refractivity contribution in [3.63, 3.8) is 0 Å². The maximum absolute atomic E-state index is 12.7. The van der Waals surface area contributed by atoms with Crippen molar-refractivity contribution in [1.29, 1.82) is 0 Å². The number of furan rings is 1. The molecule has 7 heteroatoms. The molecule has 0 spiro atoms. The maximum Gasteiger partial charge on any atom is 0.289 e. The molecule has 1 aromatic carbocycles. The molecule has 166 valence electrons. The lowest BCUT2D eigenvalue weighted by molar-refractivity contribution is -0.123. The SMILES string of the molecule is Cc1ccc(C(=O)N2CCN(CC(=O)NCC3(c4ccccc4)CCOCC3)CC2)o1. The minimum atomic E-state index is -0.0819. The highest BCUT2D eigenvalue weighted by atomic mass is 16.5. The third-order valence-corrected chi connectivity index (χ3v) is 6.44. The fourth-order valence-corrected chi connectivity index (χ4v) is 4.46. The zero-order chi connectivity index (χ0) is 21.7. The number of amides is 2. The fourth-order valence-electron chi connectivity index (χ4n) is 4.46. The first-order chi connectivity index (χ1) is 15.1. The number of rotatable bonds is 6. The van der Waals surface area contributed by atoms with Gasteiger partial charge in [0, 0.05) is 51.4 Å². The van der Waals surface area contributed by atoms with Gasteiger partial charge < -0.3 is 19.4 Å². The van der Waals surface area contributed by atoms with Crippen molar-refractivity contribution in [2.24, 2.45) is 0 Å². The molecule has 2 aromatic rings. The molecule has 0 unspecified atom stereocenters. The van der Waals surface area contributed by atoms with E-state index in [-0.39, 0.29) is 17.2 Å². The molecule has 2 aliphatic heterocycles. The molecule has 2 aliphatic rings. The Bertz CT molecular complexity index is 881. The van der Waals surface area contributed by atoms with E-state index in [2.05, 4.69) is 34.5 Å². The molecule has 2 fully saturated rings. The van der Waals surface area contributed by atoms with E-state index in [1.165, 1.54) is 5.56 Å². The molecule has 0 radical (unpaired) electrons. The van der Waals surface area contributed by atoms with Crippen LogP contribution < -0.4 is 5.32 Å². The third-order valence-electron chi connectivity index (χ3n) is 6.44. The van der Waals surface area contributed by atoms with Gasteiger partial charge in [-0.05, 0) is 37.5 Å². The van der Waals surface area contributed by atoms with Crippen LogP contribution in [0.1, 0.15) is 34.7 Å². The molecule has 3 heterocycles. The number of ether oxygens (including phenoxy) is 1. The highest BCUT2D eigenvalue weighted by molar-refractivity contribution is 5.91. The molecule has 0 atom stereocenters. The van der Waals surface area contributed by atoms with E-state index in [0.29, 0.717) is 45.0 Å². The van der Waals surface area contributed by atoms with Crippen LogP contribution >= 0.6 is 0 Å². The molecule has 2 saturated heterocycles. The van der Waals surface area contributed by atoms with Crippen molar-refractivity contribution >= 4 is 11.8 Å². The summed E-state index contributed by atoms with van der Waals surface area (Å²) in [7, 11) is 0. The van der Waals surface area contributed by atoms with Crippen molar-refractivity contribution in [1.82, 2.24) is 15.1 Å². The Morgan fingerprint density at radius 3 is 2.35 bits per heavy atom. The first-order valence-corrected chi connectivity index (χ1v) is 11.0. The summed E-state index contributed by atoms with van der Waals surface area (Å²) >= 11 is 0. The Morgan fingerprint density at radius 1 is 1.00 bits per heavy atom. The highest BCUT2D eigenvalue weighted by Gasteiger charge is 2.35. The summed E-state index contributed by atoms with van der Waals surface area (Å²) in [6, 6.07) is 13.9. The van der Waals surface area contributed by atoms with Gasteiger partial charge in [-0.1, -0.05) is 30.3 Å². The minimum absolute atomic E-state index is 0.0308. The molecule has 0 bridgehead atoms. The van der Waals surface area contributed by atoms with Crippen LogP contribution in [0.2, 0.25) is 0 Å². The molecule has 1 N–H and O–H groups in total. The molecular weight excluding hydrogens is 394 g/mol. The third kappa shape index (κ3) is 5.17. The van der Waals surface area contributed by atoms with Crippen LogP contribution in [0.3, 0.4) is 0 Å². The smallest absolute Gasteiger partial charge is 0.289 e. The van der Waals surface area contributed by atoms with Gasteiger partial charge in [0.05, 0.1) is 6.54 Å². The summed E-state index contributed by atoms with van der Waals surface area (Å²) in [5.41, 5.74) is 1.19. The summed E-state index contributed by atoms with van der Waals surface area (Å²) in [4.78, 5) is 29.1. The Morgan fingerprint density at radius 2 is 1.71 bits per heavy atom. The van der Waals surface area contributed by atoms with Gasteiger partial charge in [0.15, 0.2) is 5.76 Å². The van der Waals surface area contributed by atoms with Crippen molar-refractivity contribution in [2.75, 3.05) is 52.5 Å². The van der Waals surface area contributed by atoms with E-state index in [9.17, 15) is 9.59 Å². The standard InChI is InChI=1S/C24H31N3O4/c1-19-7-8-21(31-19)23(29)27-13-11-26(12-14-27)17-22(28)25-18-24(9-15-30-16-10-24)20-5-3-2-4-6-20/h2-8H,9-18H2,1H3,(H,25,28). The zero-order valence-corrected chi connectivity index (χ0v) is 18.1. The van der Waals surface area contributed by atoms with E-state index in [4.69, 9.17) is 9.15 Å². The second-order valence-electron chi connectivity index (χ2n) is 8.51. The second-order valence-corrected chi connectivity index (χ2v) is 8.51. The summed E-state index contributed by atoms with van der Waals surface area (Å²) in [5, 5.41) is 3.17. The maximum atomic E-state index is 12.7. The van der Waals surface area contributed by atoms with Gasteiger partial charge in [-0.15, -0.1) is 0 Å². The van der Waals surface area contributed by atoms with Crippen LogP contribution in [0, 0.1) is 6.92 Å². The number of aryl methyl sites for hydroxylation is 1. The Kier molecular flexibility index (Phi) is 6.73. The number of carbonyl (C=O) groups excluding carboxylic acids is 2. The summed E-state index contributed by atoms with van der Waals surface area (Å²) in [6.45, 7) is 6.78. The lowest BCUT2D eigenvalue weighted by Crippen LogP contribution is -2.52. The van der Waals surface area contributed by atoms with Crippen LogP contribution in [0.5, 0.6) is 0 Å². The molecule has 0 aliphatic carbocycles. The molecule has 0 saturated carbocycles. The normalized spacial score (nSPS) is 19.2. The van der Waals surface area contributed by atoms with Gasteiger partial charge in [-0.2, -0.15) is 0 Å². The van der Waals surface area contributed by atoms with Gasteiger partial charge in [-0.3, -0.25) is 14.5 Å². The van der Waals surface area contributed by atoms with Crippen LogP contribution in [0.4, 0.5) is 0 Å². The molecule has 31 heavy (non-hydrogen) atoms. The lowest BCUT2D eigenvalue weighted by atomic mass is 9.74. The number of benzene rings is 1. The lowest BCUT2D eigenvalue weighted by Gasteiger charge is -2.38. The number of carbonyl (C=O) groups is 2. The molecule has 2 amide bonds.